The van der Waals surface area contributed by atoms with Crippen molar-refractivity contribution >= 4 is 21.8 Å². The third-order valence-corrected chi connectivity index (χ3v) is 7.03. The van der Waals surface area contributed by atoms with Gasteiger partial charge in [0.1, 0.15) is 0 Å². The van der Waals surface area contributed by atoms with E-state index < -0.39 is 21.8 Å². The van der Waals surface area contributed by atoms with Gasteiger partial charge in [-0.15, -0.1) is 0 Å². The molecule has 0 aromatic heterocycles. The number of nitrogens with zero attached hydrogens (tertiary/aromatic N) is 1. The number of sulfonamides is 1. The van der Waals surface area contributed by atoms with Crippen LogP contribution in [0.25, 0.3) is 0 Å². The first-order chi connectivity index (χ1) is 12.5. The van der Waals surface area contributed by atoms with Gasteiger partial charge in [0, 0.05) is 25.2 Å². The lowest BCUT2D eigenvalue weighted by molar-refractivity contribution is -0.139. The molecule has 1 heterocycles. The van der Waals surface area contributed by atoms with E-state index in [0.29, 0.717) is 13.0 Å². The molecule has 142 valence electrons. The van der Waals surface area contributed by atoms with Gasteiger partial charge in [-0.2, -0.15) is 4.31 Å². The van der Waals surface area contributed by atoms with Crippen molar-refractivity contribution in [2.45, 2.75) is 55.5 Å². The molecule has 0 bridgehead atoms. The van der Waals surface area contributed by atoms with Crippen molar-refractivity contribution in [2.75, 3.05) is 13.1 Å². The normalized spacial score (nSPS) is 21.6. The molecule has 26 heavy (non-hydrogen) atoms. The minimum absolute atomic E-state index is 0.0784. The standard InChI is InChI=1S/C18H25N3O4S/c22-17(18(23)20-14-7-4-5-8-14)19-13-15-9-6-12-21(15)26(24,25)16-10-2-1-3-11-16/h1-3,10-11,14-15H,4-9,12-13H2,(H,19,22)(H,20,23)/t15-/m1/s1. The molecule has 0 unspecified atom stereocenters. The Balaban J connectivity index is 1.57. The maximum absolute atomic E-state index is 12.8. The molecule has 1 aliphatic heterocycles. The van der Waals surface area contributed by atoms with E-state index in [1.54, 1.807) is 30.3 Å². The summed E-state index contributed by atoms with van der Waals surface area (Å²) in [5, 5.41) is 5.33. The van der Waals surface area contributed by atoms with Crippen LogP contribution in [0.1, 0.15) is 38.5 Å². The van der Waals surface area contributed by atoms with Crippen LogP contribution in [0.4, 0.5) is 0 Å². The maximum atomic E-state index is 12.8. The minimum Gasteiger partial charge on any atom is -0.346 e. The highest BCUT2D eigenvalue weighted by molar-refractivity contribution is 7.89. The minimum atomic E-state index is -3.59. The Morgan fingerprint density at radius 1 is 1.00 bits per heavy atom. The Kier molecular flexibility index (Phi) is 5.93. The molecule has 1 aromatic rings. The number of carbonyl (C=O) groups is 2. The average Bonchev–Trinajstić information content (AvgIpc) is 3.32. The van der Waals surface area contributed by atoms with Crippen LogP contribution in [0.2, 0.25) is 0 Å². The Morgan fingerprint density at radius 2 is 1.69 bits per heavy atom. The fourth-order valence-corrected chi connectivity index (χ4v) is 5.38. The Bertz CT molecular complexity index is 745. The van der Waals surface area contributed by atoms with E-state index in [4.69, 9.17) is 0 Å². The smallest absolute Gasteiger partial charge is 0.309 e. The summed E-state index contributed by atoms with van der Waals surface area (Å²) in [5.41, 5.74) is 0. The second-order valence-electron chi connectivity index (χ2n) is 6.89. The zero-order valence-corrected chi connectivity index (χ0v) is 15.5. The van der Waals surface area contributed by atoms with Crippen molar-refractivity contribution in [1.82, 2.24) is 14.9 Å². The molecule has 2 N–H and O–H groups in total. The molecule has 1 aliphatic carbocycles. The van der Waals surface area contributed by atoms with Crippen molar-refractivity contribution in [1.29, 1.82) is 0 Å². The lowest BCUT2D eigenvalue weighted by Gasteiger charge is -2.24. The zero-order valence-electron chi connectivity index (χ0n) is 14.7. The van der Waals surface area contributed by atoms with E-state index in [-0.39, 0.29) is 23.5 Å². The van der Waals surface area contributed by atoms with Crippen LogP contribution in [-0.2, 0) is 19.6 Å². The summed E-state index contributed by atoms with van der Waals surface area (Å²) in [5.74, 6) is -1.33. The number of rotatable bonds is 5. The van der Waals surface area contributed by atoms with Crippen molar-refractivity contribution in [3.63, 3.8) is 0 Å². The van der Waals surface area contributed by atoms with E-state index in [9.17, 15) is 18.0 Å². The topological polar surface area (TPSA) is 95.6 Å². The van der Waals surface area contributed by atoms with Gasteiger partial charge in [-0.1, -0.05) is 31.0 Å². The maximum Gasteiger partial charge on any atom is 0.309 e. The molecule has 1 atom stereocenters. The Labute approximate surface area is 154 Å². The van der Waals surface area contributed by atoms with Crippen molar-refractivity contribution < 1.29 is 18.0 Å². The first-order valence-electron chi connectivity index (χ1n) is 9.14. The molecule has 7 nitrogen and oxygen atoms in total. The number of hydrogen-bond acceptors (Lipinski definition) is 4. The lowest BCUT2D eigenvalue weighted by Crippen LogP contribution is -2.48. The largest absolute Gasteiger partial charge is 0.346 e. The molecule has 0 spiro atoms. The van der Waals surface area contributed by atoms with E-state index in [1.807, 2.05) is 0 Å². The molecule has 1 aromatic carbocycles. The third-order valence-electron chi connectivity index (χ3n) is 5.07. The van der Waals surface area contributed by atoms with E-state index in [0.717, 1.165) is 32.1 Å². The third kappa shape index (κ3) is 4.24. The zero-order chi connectivity index (χ0) is 18.6. The summed E-state index contributed by atoms with van der Waals surface area (Å²) < 4.78 is 27.0. The molecule has 1 saturated heterocycles. The summed E-state index contributed by atoms with van der Waals surface area (Å²) in [6.07, 6.45) is 5.36. The van der Waals surface area contributed by atoms with Gasteiger partial charge in [-0.3, -0.25) is 9.59 Å². The molecule has 2 fully saturated rings. The van der Waals surface area contributed by atoms with Crippen LogP contribution in [0.5, 0.6) is 0 Å². The summed E-state index contributed by atoms with van der Waals surface area (Å²) >= 11 is 0. The predicted octanol–water partition coefficient (Wildman–Crippen LogP) is 1.01. The number of nitrogens with one attached hydrogen (secondary N) is 2. The number of hydrogen-bond donors (Lipinski definition) is 2. The molecule has 1 saturated carbocycles. The fraction of sp³-hybridized carbons (Fsp3) is 0.556. The summed E-state index contributed by atoms with van der Waals surface area (Å²) in [6.45, 7) is 0.565. The van der Waals surface area contributed by atoms with Crippen molar-refractivity contribution in [3.8, 4) is 0 Å². The molecule has 3 rings (SSSR count). The first-order valence-corrected chi connectivity index (χ1v) is 10.6. The summed E-state index contributed by atoms with van der Waals surface area (Å²) in [4.78, 5) is 24.2. The van der Waals surface area contributed by atoms with Gasteiger partial charge in [0.25, 0.3) is 0 Å². The van der Waals surface area contributed by atoms with E-state index >= 15 is 0 Å². The van der Waals surface area contributed by atoms with Crippen LogP contribution in [0.15, 0.2) is 35.2 Å². The quantitative estimate of drug-likeness (QED) is 0.747. The summed E-state index contributed by atoms with van der Waals surface area (Å²) in [6, 6.07) is 8.03. The van der Waals surface area contributed by atoms with Gasteiger partial charge in [0.2, 0.25) is 10.0 Å². The van der Waals surface area contributed by atoms with Gasteiger partial charge in [0.05, 0.1) is 4.90 Å². The molecule has 0 radical (unpaired) electrons. The first kappa shape index (κ1) is 18.8. The van der Waals surface area contributed by atoms with Crippen LogP contribution >= 0.6 is 0 Å². The van der Waals surface area contributed by atoms with Crippen LogP contribution < -0.4 is 10.6 Å². The molecule has 2 aliphatic rings. The second-order valence-corrected chi connectivity index (χ2v) is 8.78. The monoisotopic (exact) mass is 379 g/mol. The number of benzene rings is 1. The second kappa shape index (κ2) is 8.18. The molecular weight excluding hydrogens is 354 g/mol. The lowest BCUT2D eigenvalue weighted by atomic mass is 10.2. The van der Waals surface area contributed by atoms with Crippen LogP contribution in [0, 0.1) is 0 Å². The van der Waals surface area contributed by atoms with Crippen LogP contribution in [0.3, 0.4) is 0 Å². The Hall–Kier alpha value is -1.93. The molecule has 2 amide bonds. The van der Waals surface area contributed by atoms with Gasteiger partial charge in [0.15, 0.2) is 0 Å². The van der Waals surface area contributed by atoms with E-state index in [2.05, 4.69) is 10.6 Å². The van der Waals surface area contributed by atoms with Crippen LogP contribution in [-0.4, -0.2) is 49.7 Å². The van der Waals surface area contributed by atoms with Crippen molar-refractivity contribution in [2.24, 2.45) is 0 Å². The van der Waals surface area contributed by atoms with Gasteiger partial charge in [-0.05, 0) is 37.8 Å². The van der Waals surface area contributed by atoms with Gasteiger partial charge in [-0.25, -0.2) is 8.42 Å². The highest BCUT2D eigenvalue weighted by Gasteiger charge is 2.35. The fourth-order valence-electron chi connectivity index (χ4n) is 3.67. The van der Waals surface area contributed by atoms with Crippen molar-refractivity contribution in [3.05, 3.63) is 30.3 Å². The van der Waals surface area contributed by atoms with Gasteiger partial charge >= 0.3 is 11.8 Å². The Morgan fingerprint density at radius 3 is 2.38 bits per heavy atom. The average molecular weight is 379 g/mol. The van der Waals surface area contributed by atoms with Gasteiger partial charge < -0.3 is 10.6 Å². The SMILES string of the molecule is O=C(NC[C@H]1CCCN1S(=O)(=O)c1ccccc1)C(=O)NC1CCCC1. The number of amides is 2. The highest BCUT2D eigenvalue weighted by Crippen LogP contribution is 2.25. The predicted molar refractivity (Wildman–Crippen MR) is 96.8 cm³/mol. The van der Waals surface area contributed by atoms with E-state index in [1.165, 1.54) is 4.31 Å². The highest BCUT2D eigenvalue weighted by atomic mass is 32.2. The summed E-state index contributed by atoms with van der Waals surface area (Å²) in [7, 11) is -3.59. The molecule has 8 heteroatoms. The molecular formula is C18H25N3O4S. The number of carbonyl (C=O) groups excluding carboxylic acids is 2.